The number of aromatic nitrogens is 2. The summed E-state index contributed by atoms with van der Waals surface area (Å²) in [6.45, 7) is 2.20. The molecule has 0 radical (unpaired) electrons. The van der Waals surface area contributed by atoms with Gasteiger partial charge in [0.2, 0.25) is 5.82 Å². The smallest absolute Gasteiger partial charge is 0.349 e. The lowest BCUT2D eigenvalue weighted by molar-refractivity contribution is 0.429. The van der Waals surface area contributed by atoms with Crippen LogP contribution in [0.25, 0.3) is 33.8 Å². The van der Waals surface area contributed by atoms with E-state index in [0.717, 1.165) is 24.0 Å². The number of hydrogen-bond donors (Lipinski definition) is 0. The Bertz CT molecular complexity index is 1170. The highest BCUT2D eigenvalue weighted by atomic mass is 16.5. The molecule has 140 valence electrons. The van der Waals surface area contributed by atoms with Gasteiger partial charge >= 0.3 is 5.63 Å². The summed E-state index contributed by atoms with van der Waals surface area (Å²) in [5.41, 5.74) is 2.37. The number of nitrogens with zero attached hydrogens (tertiary/aromatic N) is 3. The molecule has 3 heterocycles. The van der Waals surface area contributed by atoms with Crippen LogP contribution in [0.5, 0.6) is 0 Å². The summed E-state index contributed by atoms with van der Waals surface area (Å²) in [7, 11) is 0. The fraction of sp³-hybridized carbons (Fsp3) is 0.227. The van der Waals surface area contributed by atoms with Crippen molar-refractivity contribution in [3.8, 4) is 22.8 Å². The molecule has 0 amide bonds. The summed E-state index contributed by atoms with van der Waals surface area (Å²) >= 11 is 0. The Hall–Kier alpha value is -3.41. The number of hydrogen-bond acceptors (Lipinski definition) is 6. The molecule has 5 rings (SSSR count). The van der Waals surface area contributed by atoms with Gasteiger partial charge in [0.25, 0.3) is 5.89 Å². The first-order valence-corrected chi connectivity index (χ1v) is 9.50. The molecule has 0 aliphatic carbocycles. The van der Waals surface area contributed by atoms with E-state index in [2.05, 4.69) is 27.2 Å². The van der Waals surface area contributed by atoms with Crippen molar-refractivity contribution in [2.75, 3.05) is 18.0 Å². The average Bonchev–Trinajstić information content (AvgIpc) is 3.24. The Morgan fingerprint density at radius 1 is 0.929 bits per heavy atom. The minimum absolute atomic E-state index is 0.162. The van der Waals surface area contributed by atoms with Gasteiger partial charge in [0, 0.05) is 29.7 Å². The molecule has 2 aromatic carbocycles. The SMILES string of the molecule is O=c1oc2ccccc2cc1-c1nc(-c2ccc(N3CCCCC3)cc2)no1. The predicted octanol–water partition coefficient (Wildman–Crippen LogP) is 4.50. The zero-order valence-electron chi connectivity index (χ0n) is 15.3. The highest BCUT2D eigenvalue weighted by Gasteiger charge is 2.17. The van der Waals surface area contributed by atoms with E-state index in [-0.39, 0.29) is 11.5 Å². The van der Waals surface area contributed by atoms with Crippen molar-refractivity contribution in [3.05, 3.63) is 65.0 Å². The molecule has 0 N–H and O–H groups in total. The van der Waals surface area contributed by atoms with Gasteiger partial charge in [-0.1, -0.05) is 23.4 Å². The lowest BCUT2D eigenvalue weighted by atomic mass is 10.1. The van der Waals surface area contributed by atoms with Crippen LogP contribution in [0.2, 0.25) is 0 Å². The van der Waals surface area contributed by atoms with Crippen molar-refractivity contribution < 1.29 is 8.94 Å². The second-order valence-corrected chi connectivity index (χ2v) is 7.00. The van der Waals surface area contributed by atoms with Crippen molar-refractivity contribution >= 4 is 16.7 Å². The van der Waals surface area contributed by atoms with Gasteiger partial charge in [0.15, 0.2) is 0 Å². The third kappa shape index (κ3) is 3.07. The van der Waals surface area contributed by atoms with Crippen molar-refractivity contribution in [1.29, 1.82) is 0 Å². The van der Waals surface area contributed by atoms with Gasteiger partial charge in [0.05, 0.1) is 0 Å². The highest BCUT2D eigenvalue weighted by molar-refractivity contribution is 5.80. The predicted molar refractivity (Wildman–Crippen MR) is 107 cm³/mol. The Balaban J connectivity index is 1.45. The normalized spacial score (nSPS) is 14.5. The van der Waals surface area contributed by atoms with Gasteiger partial charge in [-0.3, -0.25) is 0 Å². The van der Waals surface area contributed by atoms with Crippen molar-refractivity contribution in [2.45, 2.75) is 19.3 Å². The summed E-state index contributed by atoms with van der Waals surface area (Å²) in [5.74, 6) is 0.613. The second kappa shape index (κ2) is 6.96. The Labute approximate surface area is 161 Å². The number of fused-ring (bicyclic) bond motifs is 1. The molecule has 1 aliphatic rings. The molecule has 0 bridgehead atoms. The quantitative estimate of drug-likeness (QED) is 0.492. The Morgan fingerprint density at radius 2 is 1.71 bits per heavy atom. The number of para-hydroxylation sites is 1. The molecular formula is C22H19N3O3. The van der Waals surface area contributed by atoms with Crippen molar-refractivity contribution in [1.82, 2.24) is 10.1 Å². The largest absolute Gasteiger partial charge is 0.422 e. The van der Waals surface area contributed by atoms with Gasteiger partial charge in [0.1, 0.15) is 11.1 Å². The van der Waals surface area contributed by atoms with Crippen LogP contribution in [-0.2, 0) is 0 Å². The maximum absolute atomic E-state index is 12.3. The number of rotatable bonds is 3. The Morgan fingerprint density at radius 3 is 2.54 bits per heavy atom. The van der Waals surface area contributed by atoms with Crippen LogP contribution >= 0.6 is 0 Å². The van der Waals surface area contributed by atoms with E-state index in [1.165, 1.54) is 24.9 Å². The lowest BCUT2D eigenvalue weighted by Crippen LogP contribution is -2.29. The van der Waals surface area contributed by atoms with E-state index in [0.29, 0.717) is 11.4 Å². The fourth-order valence-electron chi connectivity index (χ4n) is 3.63. The second-order valence-electron chi connectivity index (χ2n) is 7.00. The minimum atomic E-state index is -0.491. The molecule has 0 unspecified atom stereocenters. The van der Waals surface area contributed by atoms with Crippen LogP contribution in [-0.4, -0.2) is 23.2 Å². The summed E-state index contributed by atoms with van der Waals surface area (Å²) in [5, 5.41) is 4.85. The first-order valence-electron chi connectivity index (χ1n) is 9.50. The van der Waals surface area contributed by atoms with Gasteiger partial charge in [-0.05, 0) is 55.7 Å². The van der Waals surface area contributed by atoms with Crippen LogP contribution in [0.4, 0.5) is 5.69 Å². The van der Waals surface area contributed by atoms with E-state index in [4.69, 9.17) is 8.94 Å². The van der Waals surface area contributed by atoms with E-state index in [1.807, 2.05) is 30.3 Å². The molecular weight excluding hydrogens is 354 g/mol. The highest BCUT2D eigenvalue weighted by Crippen LogP contribution is 2.26. The molecule has 6 nitrogen and oxygen atoms in total. The molecule has 0 atom stereocenters. The lowest BCUT2D eigenvalue weighted by Gasteiger charge is -2.28. The number of benzene rings is 2. The summed E-state index contributed by atoms with van der Waals surface area (Å²) in [4.78, 5) is 19.1. The molecule has 1 fully saturated rings. The van der Waals surface area contributed by atoms with Crippen LogP contribution in [0.1, 0.15) is 19.3 Å². The standard InChI is InChI=1S/C22H19N3O3/c26-22-18(14-16-6-2-3-7-19(16)27-22)21-23-20(24-28-21)15-8-10-17(11-9-15)25-12-4-1-5-13-25/h2-3,6-11,14H,1,4-5,12-13H2. The van der Waals surface area contributed by atoms with Crippen LogP contribution in [0.15, 0.2) is 68.3 Å². The maximum atomic E-state index is 12.3. The zero-order chi connectivity index (χ0) is 18.9. The third-order valence-corrected chi connectivity index (χ3v) is 5.14. The average molecular weight is 373 g/mol. The van der Waals surface area contributed by atoms with Crippen LogP contribution in [0.3, 0.4) is 0 Å². The number of piperidine rings is 1. The maximum Gasteiger partial charge on any atom is 0.349 e. The molecule has 0 saturated carbocycles. The van der Waals surface area contributed by atoms with Crippen molar-refractivity contribution in [2.24, 2.45) is 0 Å². The Kier molecular flexibility index (Phi) is 4.16. The summed E-state index contributed by atoms with van der Waals surface area (Å²) in [6.07, 6.45) is 3.79. The summed E-state index contributed by atoms with van der Waals surface area (Å²) in [6, 6.07) is 17.2. The van der Waals surface area contributed by atoms with E-state index in [1.54, 1.807) is 12.1 Å². The van der Waals surface area contributed by atoms with Gasteiger partial charge in [-0.25, -0.2) is 4.79 Å². The molecule has 28 heavy (non-hydrogen) atoms. The monoisotopic (exact) mass is 373 g/mol. The molecule has 1 saturated heterocycles. The minimum Gasteiger partial charge on any atom is -0.422 e. The zero-order valence-corrected chi connectivity index (χ0v) is 15.3. The van der Waals surface area contributed by atoms with Gasteiger partial charge in [-0.2, -0.15) is 4.98 Å². The van der Waals surface area contributed by atoms with E-state index >= 15 is 0 Å². The van der Waals surface area contributed by atoms with Crippen LogP contribution in [0, 0.1) is 0 Å². The molecule has 6 heteroatoms. The van der Waals surface area contributed by atoms with Gasteiger partial charge < -0.3 is 13.8 Å². The van der Waals surface area contributed by atoms with Crippen molar-refractivity contribution in [3.63, 3.8) is 0 Å². The fourth-order valence-corrected chi connectivity index (χ4v) is 3.63. The number of anilines is 1. The molecule has 2 aromatic heterocycles. The summed E-state index contributed by atoms with van der Waals surface area (Å²) < 4.78 is 10.7. The first-order chi connectivity index (χ1) is 13.8. The van der Waals surface area contributed by atoms with Crippen LogP contribution < -0.4 is 10.5 Å². The molecule has 1 aliphatic heterocycles. The van der Waals surface area contributed by atoms with E-state index < -0.39 is 5.63 Å². The molecule has 0 spiro atoms. The topological polar surface area (TPSA) is 72.4 Å². The van der Waals surface area contributed by atoms with Gasteiger partial charge in [-0.15, -0.1) is 0 Å². The molecule has 4 aromatic rings. The first kappa shape index (κ1) is 16.7. The third-order valence-electron chi connectivity index (χ3n) is 5.14. The van der Waals surface area contributed by atoms with E-state index in [9.17, 15) is 4.79 Å².